The predicted octanol–water partition coefficient (Wildman–Crippen LogP) is 2.85. The summed E-state index contributed by atoms with van der Waals surface area (Å²) < 4.78 is 38.7. The SMILES string of the molecule is CN(C)CCCC1(c2ccc(F)cc2)OCC2CC3(C4OCCO4)C=CC21O3. The first-order valence-electron chi connectivity index (χ1n) is 10.2. The van der Waals surface area contributed by atoms with Crippen LogP contribution in [0.15, 0.2) is 36.4 Å². The Kier molecular flexibility index (Phi) is 4.41. The van der Waals surface area contributed by atoms with E-state index in [0.29, 0.717) is 19.8 Å². The maximum atomic E-state index is 13.6. The number of ether oxygens (including phenoxy) is 4. The largest absolute Gasteiger partial charge is 0.366 e. The molecule has 4 atom stereocenters. The minimum Gasteiger partial charge on any atom is -0.366 e. The van der Waals surface area contributed by atoms with E-state index in [4.69, 9.17) is 18.9 Å². The van der Waals surface area contributed by atoms with Crippen molar-refractivity contribution in [1.29, 1.82) is 0 Å². The molecule has 0 aromatic heterocycles. The molecule has 4 aliphatic rings. The maximum absolute atomic E-state index is 13.6. The van der Waals surface area contributed by atoms with Gasteiger partial charge in [0.2, 0.25) is 0 Å². The first-order valence-corrected chi connectivity index (χ1v) is 10.2. The van der Waals surface area contributed by atoms with Crippen LogP contribution in [0.5, 0.6) is 0 Å². The molecule has 5 rings (SSSR count). The van der Waals surface area contributed by atoms with E-state index in [1.165, 1.54) is 12.1 Å². The van der Waals surface area contributed by atoms with Crippen LogP contribution in [0, 0.1) is 11.7 Å². The van der Waals surface area contributed by atoms with E-state index in [-0.39, 0.29) is 18.0 Å². The average Bonchev–Trinajstić information content (AvgIpc) is 3.43. The monoisotopic (exact) mass is 389 g/mol. The maximum Gasteiger partial charge on any atom is 0.190 e. The fraction of sp³-hybridized carbons (Fsp3) is 0.636. The molecule has 1 aromatic rings. The highest BCUT2D eigenvalue weighted by atomic mass is 19.1. The van der Waals surface area contributed by atoms with Gasteiger partial charge in [-0.3, -0.25) is 0 Å². The van der Waals surface area contributed by atoms with Crippen molar-refractivity contribution in [3.63, 3.8) is 0 Å². The van der Waals surface area contributed by atoms with E-state index in [1.807, 2.05) is 12.1 Å². The van der Waals surface area contributed by atoms with Crippen LogP contribution in [0.3, 0.4) is 0 Å². The summed E-state index contributed by atoms with van der Waals surface area (Å²) in [4.78, 5) is 2.17. The first-order chi connectivity index (χ1) is 13.5. The van der Waals surface area contributed by atoms with Gasteiger partial charge in [0.15, 0.2) is 6.29 Å². The van der Waals surface area contributed by atoms with E-state index in [1.54, 1.807) is 0 Å². The number of hydrogen-bond donors (Lipinski definition) is 0. The molecule has 3 saturated heterocycles. The van der Waals surface area contributed by atoms with E-state index in [9.17, 15) is 4.39 Å². The smallest absolute Gasteiger partial charge is 0.190 e. The zero-order chi connectivity index (χ0) is 19.4. The van der Waals surface area contributed by atoms with Crippen LogP contribution >= 0.6 is 0 Å². The summed E-state index contributed by atoms with van der Waals surface area (Å²) in [6.07, 6.45) is 6.53. The van der Waals surface area contributed by atoms with E-state index < -0.39 is 16.8 Å². The zero-order valence-corrected chi connectivity index (χ0v) is 16.5. The van der Waals surface area contributed by atoms with Gasteiger partial charge in [-0.15, -0.1) is 0 Å². The van der Waals surface area contributed by atoms with Crippen LogP contribution in [0.4, 0.5) is 4.39 Å². The van der Waals surface area contributed by atoms with Crippen LogP contribution in [0.1, 0.15) is 24.8 Å². The fourth-order valence-electron chi connectivity index (χ4n) is 5.55. The van der Waals surface area contributed by atoms with Gasteiger partial charge in [0.1, 0.15) is 22.6 Å². The quantitative estimate of drug-likeness (QED) is 0.700. The number of rotatable bonds is 6. The standard InChI is InChI=1S/C22H28FNO4/c1-24(2)11-3-8-21(16-4-6-18(23)7-5-16)22-10-9-20(28-22,14-17(22)15-27-21)19-25-12-13-26-19/h4-7,9-10,17,19H,3,8,11-15H2,1-2H3. The molecule has 1 spiro atoms. The van der Waals surface area contributed by atoms with Crippen molar-refractivity contribution in [3.8, 4) is 0 Å². The normalized spacial score (nSPS) is 39.4. The molecule has 2 bridgehead atoms. The number of benzene rings is 1. The number of hydrogen-bond acceptors (Lipinski definition) is 5. The van der Waals surface area contributed by atoms with Crippen molar-refractivity contribution >= 4 is 0 Å². The summed E-state index contributed by atoms with van der Waals surface area (Å²) >= 11 is 0. The van der Waals surface area contributed by atoms with Crippen LogP contribution < -0.4 is 0 Å². The van der Waals surface area contributed by atoms with Crippen LogP contribution in [0.2, 0.25) is 0 Å². The second kappa shape index (κ2) is 6.61. The van der Waals surface area contributed by atoms with Gasteiger partial charge < -0.3 is 23.8 Å². The Hall–Kier alpha value is -1.31. The van der Waals surface area contributed by atoms with Gasteiger partial charge in [-0.25, -0.2) is 4.39 Å². The highest BCUT2D eigenvalue weighted by Crippen LogP contribution is 2.65. The summed E-state index contributed by atoms with van der Waals surface area (Å²) in [5, 5.41) is 0. The minimum absolute atomic E-state index is 0.231. The van der Waals surface area contributed by atoms with Gasteiger partial charge in [-0.1, -0.05) is 18.2 Å². The molecule has 4 heterocycles. The topological polar surface area (TPSA) is 40.2 Å². The lowest BCUT2D eigenvalue weighted by atomic mass is 9.68. The molecule has 0 amide bonds. The number of halogens is 1. The van der Waals surface area contributed by atoms with Gasteiger partial charge in [0.05, 0.1) is 19.8 Å². The summed E-state index contributed by atoms with van der Waals surface area (Å²) in [5.41, 5.74) is -0.760. The molecule has 0 N–H and O–H groups in total. The Morgan fingerprint density at radius 2 is 1.86 bits per heavy atom. The van der Waals surface area contributed by atoms with Crippen molar-refractivity contribution < 1.29 is 23.3 Å². The molecule has 28 heavy (non-hydrogen) atoms. The highest BCUT2D eigenvalue weighted by Gasteiger charge is 2.73. The molecule has 3 fully saturated rings. The summed E-state index contributed by atoms with van der Waals surface area (Å²) in [6, 6.07) is 6.72. The molecule has 0 aliphatic carbocycles. The van der Waals surface area contributed by atoms with Crippen molar-refractivity contribution in [2.45, 2.75) is 42.4 Å². The molecule has 152 valence electrons. The highest BCUT2D eigenvalue weighted by molar-refractivity contribution is 5.41. The molecule has 4 unspecified atom stereocenters. The van der Waals surface area contributed by atoms with E-state index >= 15 is 0 Å². The molecule has 0 saturated carbocycles. The van der Waals surface area contributed by atoms with Crippen molar-refractivity contribution in [3.05, 3.63) is 47.8 Å². The molecule has 5 nitrogen and oxygen atoms in total. The molecule has 4 aliphatic heterocycles. The number of fused-ring (bicyclic) bond motifs is 1. The van der Waals surface area contributed by atoms with E-state index in [0.717, 1.165) is 31.4 Å². The van der Waals surface area contributed by atoms with Gasteiger partial charge in [-0.05, 0) is 63.7 Å². The van der Waals surface area contributed by atoms with Gasteiger partial charge >= 0.3 is 0 Å². The summed E-state index contributed by atoms with van der Waals surface area (Å²) in [6.45, 7) is 2.78. The summed E-state index contributed by atoms with van der Waals surface area (Å²) in [7, 11) is 4.14. The van der Waals surface area contributed by atoms with Crippen molar-refractivity contribution in [2.75, 3.05) is 40.5 Å². The van der Waals surface area contributed by atoms with Crippen LogP contribution in [-0.4, -0.2) is 62.9 Å². The Balaban J connectivity index is 1.52. The molecule has 6 heteroatoms. The summed E-state index contributed by atoms with van der Waals surface area (Å²) in [5.74, 6) is -0.00893. The number of nitrogens with zero attached hydrogens (tertiary/aromatic N) is 1. The van der Waals surface area contributed by atoms with Gasteiger partial charge in [-0.2, -0.15) is 0 Å². The third kappa shape index (κ3) is 2.55. The van der Waals surface area contributed by atoms with Crippen molar-refractivity contribution in [2.24, 2.45) is 5.92 Å². The van der Waals surface area contributed by atoms with Crippen LogP contribution in [-0.2, 0) is 24.5 Å². The van der Waals surface area contributed by atoms with Gasteiger partial charge in [0, 0.05) is 5.92 Å². The third-order valence-electron chi connectivity index (χ3n) is 6.77. The zero-order valence-electron chi connectivity index (χ0n) is 16.5. The van der Waals surface area contributed by atoms with E-state index in [2.05, 4.69) is 31.1 Å². The Bertz CT molecular complexity index is 762. The Morgan fingerprint density at radius 3 is 2.57 bits per heavy atom. The lowest BCUT2D eigenvalue weighted by Gasteiger charge is -2.42. The minimum atomic E-state index is -0.630. The van der Waals surface area contributed by atoms with Crippen molar-refractivity contribution in [1.82, 2.24) is 4.90 Å². The second-order valence-electron chi connectivity index (χ2n) is 8.71. The Morgan fingerprint density at radius 1 is 1.11 bits per heavy atom. The fourth-order valence-corrected chi connectivity index (χ4v) is 5.55. The molecular weight excluding hydrogens is 361 g/mol. The third-order valence-corrected chi connectivity index (χ3v) is 6.77. The first kappa shape index (κ1) is 18.7. The lowest BCUT2D eigenvalue weighted by molar-refractivity contribution is -0.216. The van der Waals surface area contributed by atoms with Crippen LogP contribution in [0.25, 0.3) is 0 Å². The van der Waals surface area contributed by atoms with Gasteiger partial charge in [0.25, 0.3) is 0 Å². The second-order valence-corrected chi connectivity index (χ2v) is 8.71. The molecule has 1 aromatic carbocycles. The molecular formula is C22H28FNO4. The lowest BCUT2D eigenvalue weighted by Crippen LogP contribution is -2.50. The average molecular weight is 389 g/mol. The molecule has 0 radical (unpaired) electrons. The Labute approximate surface area is 165 Å². The predicted molar refractivity (Wildman–Crippen MR) is 101 cm³/mol.